The van der Waals surface area contributed by atoms with Gasteiger partial charge in [-0.2, -0.15) is 0 Å². The van der Waals surface area contributed by atoms with Crippen molar-refractivity contribution in [1.82, 2.24) is 9.97 Å². The minimum atomic E-state index is 0.103. The molecule has 2 nitrogen and oxygen atoms in total. The number of aromatic nitrogens is 2. The van der Waals surface area contributed by atoms with Crippen LogP contribution in [0.25, 0.3) is 11.4 Å². The van der Waals surface area contributed by atoms with Gasteiger partial charge in [0.25, 0.3) is 0 Å². The topological polar surface area (TPSA) is 25.8 Å². The van der Waals surface area contributed by atoms with Crippen LogP contribution in [0.3, 0.4) is 0 Å². The van der Waals surface area contributed by atoms with Gasteiger partial charge in [0.2, 0.25) is 0 Å². The van der Waals surface area contributed by atoms with Crippen LogP contribution >= 0.6 is 23.4 Å². The van der Waals surface area contributed by atoms with E-state index >= 15 is 0 Å². The van der Waals surface area contributed by atoms with Gasteiger partial charge in [-0.15, -0.1) is 11.8 Å². The molecule has 0 aliphatic heterocycles. The molecule has 94 valence electrons. The van der Waals surface area contributed by atoms with Gasteiger partial charge in [-0.3, -0.25) is 0 Å². The predicted octanol–water partition coefficient (Wildman–Crippen LogP) is 4.69. The summed E-state index contributed by atoms with van der Waals surface area (Å²) in [6.07, 6.45) is 0. The first-order valence-electron chi connectivity index (χ1n) is 5.73. The van der Waals surface area contributed by atoms with Crippen LogP contribution in [-0.4, -0.2) is 14.7 Å². The lowest BCUT2D eigenvalue weighted by Crippen LogP contribution is -2.07. The van der Waals surface area contributed by atoms with Crippen molar-refractivity contribution in [2.75, 3.05) is 0 Å². The minimum absolute atomic E-state index is 0.103. The van der Waals surface area contributed by atoms with Crippen molar-refractivity contribution in [2.45, 2.75) is 30.5 Å². The summed E-state index contributed by atoms with van der Waals surface area (Å²) in [6, 6.07) is 11.7. The molecule has 0 saturated heterocycles. The van der Waals surface area contributed by atoms with Crippen LogP contribution in [0.4, 0.5) is 0 Å². The van der Waals surface area contributed by atoms with Gasteiger partial charge in [0.15, 0.2) is 5.82 Å². The number of hydrogen-bond acceptors (Lipinski definition) is 3. The molecule has 18 heavy (non-hydrogen) atoms. The SMILES string of the molecule is CC(C)(C)Sc1cc(Cl)nc(-c2ccccc2)n1. The van der Waals surface area contributed by atoms with Gasteiger partial charge in [0, 0.05) is 16.4 Å². The Morgan fingerprint density at radius 3 is 2.33 bits per heavy atom. The Bertz CT molecular complexity index is 535. The summed E-state index contributed by atoms with van der Waals surface area (Å²) in [5.74, 6) is 0.676. The quantitative estimate of drug-likeness (QED) is 0.589. The lowest BCUT2D eigenvalue weighted by molar-refractivity contribution is 0.799. The van der Waals surface area contributed by atoms with Gasteiger partial charge in [-0.05, 0) is 0 Å². The zero-order chi connectivity index (χ0) is 13.2. The Morgan fingerprint density at radius 2 is 1.72 bits per heavy atom. The van der Waals surface area contributed by atoms with Crippen LogP contribution in [0.15, 0.2) is 41.4 Å². The van der Waals surface area contributed by atoms with Crippen LogP contribution in [0.1, 0.15) is 20.8 Å². The number of rotatable bonds is 2. The van der Waals surface area contributed by atoms with Crippen molar-refractivity contribution in [1.29, 1.82) is 0 Å². The molecule has 0 unspecified atom stereocenters. The lowest BCUT2D eigenvalue weighted by Gasteiger charge is -2.17. The average Bonchev–Trinajstić information content (AvgIpc) is 2.27. The fourth-order valence-electron chi connectivity index (χ4n) is 1.48. The molecule has 0 fully saturated rings. The summed E-state index contributed by atoms with van der Waals surface area (Å²) in [5, 5.41) is 1.39. The van der Waals surface area contributed by atoms with E-state index in [1.54, 1.807) is 11.8 Å². The predicted molar refractivity (Wildman–Crippen MR) is 78.1 cm³/mol. The highest BCUT2D eigenvalue weighted by molar-refractivity contribution is 8.00. The van der Waals surface area contributed by atoms with Crippen molar-refractivity contribution < 1.29 is 0 Å². The Kier molecular flexibility index (Phi) is 3.93. The summed E-state index contributed by atoms with van der Waals surface area (Å²) >= 11 is 7.75. The molecule has 0 spiro atoms. The summed E-state index contributed by atoms with van der Waals surface area (Å²) in [4.78, 5) is 8.83. The molecule has 1 aromatic carbocycles. The molecular weight excluding hydrogens is 264 g/mol. The van der Waals surface area contributed by atoms with Gasteiger partial charge in [-0.1, -0.05) is 62.7 Å². The first-order chi connectivity index (χ1) is 8.44. The maximum atomic E-state index is 6.06. The molecular formula is C14H15ClN2S. The van der Waals surface area contributed by atoms with Gasteiger partial charge < -0.3 is 0 Å². The summed E-state index contributed by atoms with van der Waals surface area (Å²) in [6.45, 7) is 6.45. The minimum Gasteiger partial charge on any atom is -0.222 e. The molecule has 1 aromatic heterocycles. The third kappa shape index (κ3) is 3.72. The van der Waals surface area contributed by atoms with E-state index in [9.17, 15) is 0 Å². The normalized spacial score (nSPS) is 11.6. The van der Waals surface area contributed by atoms with Gasteiger partial charge in [0.1, 0.15) is 10.2 Å². The van der Waals surface area contributed by atoms with Crippen molar-refractivity contribution in [3.8, 4) is 11.4 Å². The van der Waals surface area contributed by atoms with Crippen LogP contribution < -0.4 is 0 Å². The van der Waals surface area contributed by atoms with Crippen molar-refractivity contribution in [2.24, 2.45) is 0 Å². The molecule has 0 bridgehead atoms. The Labute approximate surface area is 117 Å². The molecule has 0 aliphatic rings. The number of benzene rings is 1. The second-order valence-electron chi connectivity index (χ2n) is 4.93. The molecule has 0 N–H and O–H groups in total. The third-order valence-electron chi connectivity index (χ3n) is 2.11. The molecule has 0 aliphatic carbocycles. The number of halogens is 1. The summed E-state index contributed by atoms with van der Waals surface area (Å²) < 4.78 is 0.103. The standard InChI is InChI=1S/C14H15ClN2S/c1-14(2,3)18-12-9-11(15)16-13(17-12)10-7-5-4-6-8-10/h4-9H,1-3H3. The summed E-state index contributed by atoms with van der Waals surface area (Å²) in [5.41, 5.74) is 0.982. The molecule has 1 heterocycles. The van der Waals surface area contributed by atoms with Crippen molar-refractivity contribution in [3.05, 3.63) is 41.6 Å². The molecule has 0 radical (unpaired) electrons. The van der Waals surface area contributed by atoms with E-state index in [0.717, 1.165) is 10.6 Å². The molecule has 2 rings (SSSR count). The Hall–Kier alpha value is -1.06. The van der Waals surface area contributed by atoms with Gasteiger partial charge in [-0.25, -0.2) is 9.97 Å². The zero-order valence-electron chi connectivity index (χ0n) is 10.6. The molecule has 0 atom stereocenters. The number of nitrogens with zero attached hydrogens (tertiary/aromatic N) is 2. The van der Waals surface area contributed by atoms with E-state index in [2.05, 4.69) is 30.7 Å². The van der Waals surface area contributed by atoms with Gasteiger partial charge in [0.05, 0.1) is 0 Å². The first kappa shape index (κ1) is 13.4. The lowest BCUT2D eigenvalue weighted by atomic mass is 10.2. The zero-order valence-corrected chi connectivity index (χ0v) is 12.2. The maximum absolute atomic E-state index is 6.06. The smallest absolute Gasteiger partial charge is 0.162 e. The Balaban J connectivity index is 2.39. The maximum Gasteiger partial charge on any atom is 0.162 e. The average molecular weight is 279 g/mol. The summed E-state index contributed by atoms with van der Waals surface area (Å²) in [7, 11) is 0. The molecule has 2 aromatic rings. The van der Waals surface area contributed by atoms with E-state index in [-0.39, 0.29) is 4.75 Å². The fraction of sp³-hybridized carbons (Fsp3) is 0.286. The second-order valence-corrected chi connectivity index (χ2v) is 7.17. The highest BCUT2D eigenvalue weighted by Gasteiger charge is 2.15. The van der Waals surface area contributed by atoms with Crippen molar-refractivity contribution >= 4 is 23.4 Å². The highest BCUT2D eigenvalue weighted by Crippen LogP contribution is 2.32. The Morgan fingerprint density at radius 1 is 1.06 bits per heavy atom. The van der Waals surface area contributed by atoms with Gasteiger partial charge >= 0.3 is 0 Å². The van der Waals surface area contributed by atoms with Crippen molar-refractivity contribution in [3.63, 3.8) is 0 Å². The van der Waals surface area contributed by atoms with Crippen LogP contribution in [-0.2, 0) is 0 Å². The monoisotopic (exact) mass is 278 g/mol. The van der Waals surface area contributed by atoms with E-state index in [1.807, 2.05) is 36.4 Å². The second kappa shape index (κ2) is 5.29. The van der Waals surface area contributed by atoms with E-state index < -0.39 is 0 Å². The van der Waals surface area contributed by atoms with Crippen LogP contribution in [0.2, 0.25) is 5.15 Å². The highest BCUT2D eigenvalue weighted by atomic mass is 35.5. The molecule has 4 heteroatoms. The number of thioether (sulfide) groups is 1. The molecule has 0 amide bonds. The van der Waals surface area contributed by atoms with E-state index in [1.165, 1.54) is 0 Å². The third-order valence-corrected chi connectivity index (χ3v) is 3.34. The van der Waals surface area contributed by atoms with Crippen LogP contribution in [0, 0.1) is 0 Å². The van der Waals surface area contributed by atoms with E-state index in [4.69, 9.17) is 11.6 Å². The first-order valence-corrected chi connectivity index (χ1v) is 6.92. The van der Waals surface area contributed by atoms with E-state index in [0.29, 0.717) is 11.0 Å². The number of hydrogen-bond donors (Lipinski definition) is 0. The fourth-order valence-corrected chi connectivity index (χ4v) is 2.66. The molecule has 0 saturated carbocycles. The van der Waals surface area contributed by atoms with Crippen LogP contribution in [0.5, 0.6) is 0 Å². The largest absolute Gasteiger partial charge is 0.222 e.